The first-order valence-corrected chi connectivity index (χ1v) is 10.9. The van der Waals surface area contributed by atoms with Gasteiger partial charge in [0, 0.05) is 49.5 Å². The van der Waals surface area contributed by atoms with Crippen LogP contribution in [0.15, 0.2) is 76.9 Å². The molecule has 0 amide bonds. The Kier molecular flexibility index (Phi) is 6.75. The van der Waals surface area contributed by atoms with Gasteiger partial charge in [-0.3, -0.25) is 24.2 Å². The minimum absolute atomic E-state index is 0. The first-order valence-electron chi connectivity index (χ1n) is 9.43. The molecule has 4 aromatic rings. The number of rotatable bonds is 6. The molecule has 4 aromatic heterocycles. The topological polar surface area (TPSA) is 112 Å². The van der Waals surface area contributed by atoms with Gasteiger partial charge in [0.05, 0.1) is 0 Å². The highest BCUT2D eigenvalue weighted by Gasteiger charge is 2.19. The average Bonchev–Trinajstić information content (AvgIpc) is 2.98. The SMILES string of the molecule is Cc1c(Cc2cccnc2)c(=O)n(-c2cccc(NS(=O)(=O)c3cccnc3)n2)n1C.Cl. The van der Waals surface area contributed by atoms with Crippen molar-refractivity contribution >= 4 is 28.2 Å². The van der Waals surface area contributed by atoms with E-state index in [-0.39, 0.29) is 28.7 Å². The van der Waals surface area contributed by atoms with E-state index < -0.39 is 10.0 Å². The van der Waals surface area contributed by atoms with Crippen molar-refractivity contribution < 1.29 is 8.42 Å². The molecule has 0 spiro atoms. The summed E-state index contributed by atoms with van der Waals surface area (Å²) >= 11 is 0. The smallest absolute Gasteiger partial charge is 0.276 e. The van der Waals surface area contributed by atoms with Crippen LogP contribution in [0.25, 0.3) is 5.82 Å². The molecular weight excluding hydrogens is 452 g/mol. The lowest BCUT2D eigenvalue weighted by Gasteiger charge is -2.10. The summed E-state index contributed by atoms with van der Waals surface area (Å²) in [5.41, 5.74) is 2.12. The van der Waals surface area contributed by atoms with Crippen molar-refractivity contribution in [3.63, 3.8) is 0 Å². The number of hydrogen-bond acceptors (Lipinski definition) is 6. The summed E-state index contributed by atoms with van der Waals surface area (Å²) < 4.78 is 30.7. The summed E-state index contributed by atoms with van der Waals surface area (Å²) in [5.74, 6) is 0.403. The molecule has 0 aliphatic rings. The van der Waals surface area contributed by atoms with Crippen LogP contribution in [0, 0.1) is 6.92 Å². The van der Waals surface area contributed by atoms with E-state index in [1.165, 1.54) is 35.3 Å². The van der Waals surface area contributed by atoms with Gasteiger partial charge < -0.3 is 0 Å². The molecule has 0 fully saturated rings. The molecule has 0 saturated heterocycles. The zero-order valence-corrected chi connectivity index (χ0v) is 19.0. The highest BCUT2D eigenvalue weighted by Crippen LogP contribution is 2.16. The lowest BCUT2D eigenvalue weighted by atomic mass is 10.1. The number of sulfonamides is 1. The van der Waals surface area contributed by atoms with Crippen LogP contribution in [-0.2, 0) is 23.5 Å². The fourth-order valence-corrected chi connectivity index (χ4v) is 4.20. The van der Waals surface area contributed by atoms with E-state index >= 15 is 0 Å². The Hall–Kier alpha value is -3.50. The maximum absolute atomic E-state index is 13.2. The predicted molar refractivity (Wildman–Crippen MR) is 123 cm³/mol. The van der Waals surface area contributed by atoms with E-state index in [1.807, 2.05) is 19.1 Å². The molecule has 4 rings (SSSR count). The van der Waals surface area contributed by atoms with Gasteiger partial charge in [0.25, 0.3) is 15.6 Å². The van der Waals surface area contributed by atoms with Gasteiger partial charge in [-0.15, -0.1) is 12.4 Å². The third-order valence-corrected chi connectivity index (χ3v) is 6.25. The second kappa shape index (κ2) is 9.33. The number of anilines is 1. The molecule has 0 atom stereocenters. The van der Waals surface area contributed by atoms with Crippen molar-refractivity contribution in [3.8, 4) is 5.82 Å². The first kappa shape index (κ1) is 23.2. The van der Waals surface area contributed by atoms with Crippen molar-refractivity contribution in [3.05, 3.63) is 94.4 Å². The summed E-state index contributed by atoms with van der Waals surface area (Å²) in [6, 6.07) is 11.5. The number of hydrogen-bond donors (Lipinski definition) is 1. The molecule has 0 aliphatic heterocycles. The molecule has 0 radical (unpaired) electrons. The standard InChI is InChI=1S/C21H20N6O3S.ClH/c1-15-18(12-16-6-4-10-22-13-16)21(28)27(26(15)2)20-9-3-8-19(24-20)25-31(29,30)17-7-5-11-23-14-17;/h3-11,13-14H,12H2,1-2H3,(H,24,25);1H. The number of aromatic nitrogens is 5. The molecule has 166 valence electrons. The van der Waals surface area contributed by atoms with Crippen molar-refractivity contribution in [2.75, 3.05) is 4.72 Å². The average molecular weight is 473 g/mol. The quantitative estimate of drug-likeness (QED) is 0.461. The summed E-state index contributed by atoms with van der Waals surface area (Å²) in [7, 11) is -2.09. The molecule has 32 heavy (non-hydrogen) atoms. The van der Waals surface area contributed by atoms with Crippen LogP contribution < -0.4 is 10.3 Å². The number of nitrogens with zero attached hydrogens (tertiary/aromatic N) is 5. The Morgan fingerprint density at radius 1 is 1.00 bits per heavy atom. The van der Waals surface area contributed by atoms with Crippen molar-refractivity contribution in [2.45, 2.75) is 18.2 Å². The zero-order chi connectivity index (χ0) is 22.0. The summed E-state index contributed by atoms with van der Waals surface area (Å²) in [4.78, 5) is 25.5. The van der Waals surface area contributed by atoms with E-state index in [2.05, 4.69) is 19.7 Å². The van der Waals surface area contributed by atoms with E-state index in [4.69, 9.17) is 0 Å². The third-order valence-electron chi connectivity index (χ3n) is 4.91. The summed E-state index contributed by atoms with van der Waals surface area (Å²) in [6.45, 7) is 1.86. The first-order chi connectivity index (χ1) is 14.9. The second-order valence-corrected chi connectivity index (χ2v) is 8.60. The molecule has 0 unspecified atom stereocenters. The van der Waals surface area contributed by atoms with Crippen LogP contribution in [0.2, 0.25) is 0 Å². The van der Waals surface area contributed by atoms with Gasteiger partial charge in [-0.05, 0) is 42.8 Å². The molecule has 4 heterocycles. The molecular formula is C21H21ClN6O3S. The molecule has 9 nitrogen and oxygen atoms in total. The minimum atomic E-state index is -3.85. The second-order valence-electron chi connectivity index (χ2n) is 6.92. The van der Waals surface area contributed by atoms with Crippen LogP contribution in [0.3, 0.4) is 0 Å². The Balaban J connectivity index is 0.00000289. The molecule has 0 bridgehead atoms. The summed E-state index contributed by atoms with van der Waals surface area (Å²) in [6.07, 6.45) is 6.59. The minimum Gasteiger partial charge on any atom is -0.284 e. The number of nitrogens with one attached hydrogen (secondary N) is 1. The van der Waals surface area contributed by atoms with Crippen LogP contribution >= 0.6 is 12.4 Å². The lowest BCUT2D eigenvalue weighted by molar-refractivity contribution is 0.600. The van der Waals surface area contributed by atoms with E-state index in [0.29, 0.717) is 17.8 Å². The van der Waals surface area contributed by atoms with Crippen LogP contribution in [0.4, 0.5) is 5.82 Å². The maximum atomic E-state index is 13.2. The maximum Gasteiger partial charge on any atom is 0.276 e. The van der Waals surface area contributed by atoms with Crippen LogP contribution in [-0.4, -0.2) is 32.7 Å². The fraction of sp³-hybridized carbons (Fsp3) is 0.143. The predicted octanol–water partition coefficient (Wildman–Crippen LogP) is 2.48. The normalized spacial score (nSPS) is 11.1. The molecule has 1 N–H and O–H groups in total. The van der Waals surface area contributed by atoms with Gasteiger partial charge in [-0.2, -0.15) is 4.68 Å². The summed E-state index contributed by atoms with van der Waals surface area (Å²) in [5, 5.41) is 0. The Bertz CT molecular complexity index is 1390. The van der Waals surface area contributed by atoms with Gasteiger partial charge in [0.15, 0.2) is 5.82 Å². The van der Waals surface area contributed by atoms with Gasteiger partial charge >= 0.3 is 0 Å². The highest BCUT2D eigenvalue weighted by molar-refractivity contribution is 7.92. The van der Waals surface area contributed by atoms with Crippen LogP contribution in [0.1, 0.15) is 16.8 Å². The van der Waals surface area contributed by atoms with Gasteiger partial charge in [0.1, 0.15) is 10.7 Å². The molecule has 0 aromatic carbocycles. The number of pyridine rings is 3. The monoisotopic (exact) mass is 472 g/mol. The highest BCUT2D eigenvalue weighted by atomic mass is 35.5. The fourth-order valence-electron chi connectivity index (χ4n) is 3.23. The van der Waals surface area contributed by atoms with Gasteiger partial charge in [-0.1, -0.05) is 12.1 Å². The van der Waals surface area contributed by atoms with E-state index in [0.717, 1.165) is 11.3 Å². The van der Waals surface area contributed by atoms with E-state index in [9.17, 15) is 13.2 Å². The third kappa shape index (κ3) is 4.56. The molecule has 0 saturated carbocycles. The lowest BCUT2D eigenvalue weighted by Crippen LogP contribution is -2.23. The van der Waals surface area contributed by atoms with Crippen molar-refractivity contribution in [1.82, 2.24) is 24.3 Å². The van der Waals surface area contributed by atoms with Crippen molar-refractivity contribution in [1.29, 1.82) is 0 Å². The Labute approximate surface area is 191 Å². The number of halogens is 1. The molecule has 0 aliphatic carbocycles. The largest absolute Gasteiger partial charge is 0.284 e. The Morgan fingerprint density at radius 3 is 2.38 bits per heavy atom. The Morgan fingerprint density at radius 2 is 1.72 bits per heavy atom. The van der Waals surface area contributed by atoms with Gasteiger partial charge in [0.2, 0.25) is 0 Å². The van der Waals surface area contributed by atoms with Crippen molar-refractivity contribution in [2.24, 2.45) is 7.05 Å². The van der Waals surface area contributed by atoms with Crippen LogP contribution in [0.5, 0.6) is 0 Å². The molecule has 11 heteroatoms. The van der Waals surface area contributed by atoms with Gasteiger partial charge in [-0.25, -0.2) is 13.4 Å². The van der Waals surface area contributed by atoms with E-state index in [1.54, 1.807) is 36.3 Å². The zero-order valence-electron chi connectivity index (χ0n) is 17.3.